The monoisotopic (exact) mass is 1560 g/mol. The van der Waals surface area contributed by atoms with Gasteiger partial charge in [-0.3, -0.25) is 74.1 Å². The smallest absolute Gasteiger partial charge is 0.328 e. The molecule has 6 aromatic rings. The summed E-state index contributed by atoms with van der Waals surface area (Å²) in [6.45, 7) is 9.38. The molecule has 1 unspecified atom stereocenters. The molecule has 600 valence electrons. The van der Waals surface area contributed by atoms with Crippen LogP contribution in [0.1, 0.15) is 139 Å². The lowest BCUT2D eigenvalue weighted by molar-refractivity contribution is -0.136. The quantitative estimate of drug-likeness (QED) is 0.0423. The predicted molar refractivity (Wildman–Crippen MR) is 422 cm³/mol. The van der Waals surface area contributed by atoms with Crippen LogP contribution >= 0.6 is 0 Å². The maximum Gasteiger partial charge on any atom is 0.328 e. The van der Waals surface area contributed by atoms with E-state index < -0.39 is 18.1 Å². The summed E-state index contributed by atoms with van der Waals surface area (Å²) in [6.07, 6.45) is 18.0. The number of nitrogens with zero attached hydrogens (tertiary/aromatic N) is 18. The van der Waals surface area contributed by atoms with Crippen molar-refractivity contribution in [3.63, 3.8) is 0 Å². The molecule has 0 radical (unpaired) electrons. The second kappa shape index (κ2) is 41.8. The number of aldehydes is 3. The van der Waals surface area contributed by atoms with Crippen LogP contribution in [0.15, 0.2) is 73.2 Å². The fraction of sp³-hybridized carbons (Fsp3) is 0.481. The first-order valence-corrected chi connectivity index (χ1v) is 38.4. The number of aryl methyl sites for hydroxylation is 3. The van der Waals surface area contributed by atoms with Gasteiger partial charge >= 0.3 is 18.1 Å². The van der Waals surface area contributed by atoms with Crippen molar-refractivity contribution in [3.05, 3.63) is 140 Å². The number of hydrogen-bond donors (Lipinski definition) is 3. The third kappa shape index (κ3) is 24.0. The molecule has 12 rings (SSSR count). The lowest BCUT2D eigenvalue weighted by atomic mass is 9.92. The van der Waals surface area contributed by atoms with E-state index in [0.29, 0.717) is 133 Å². The number of hydrogen-bond acceptors (Lipinski definition) is 24. The molecule has 6 fully saturated rings. The fourth-order valence-corrected chi connectivity index (χ4v) is 13.8. The molecule has 0 bridgehead atoms. The van der Waals surface area contributed by atoms with E-state index in [1.807, 2.05) is 35.8 Å². The Morgan fingerprint density at radius 1 is 0.500 bits per heavy atom. The van der Waals surface area contributed by atoms with Crippen molar-refractivity contribution >= 4 is 89.6 Å². The summed E-state index contributed by atoms with van der Waals surface area (Å²) in [5.41, 5.74) is 6.41. The summed E-state index contributed by atoms with van der Waals surface area (Å²) in [6, 6.07) is 20.4. The number of carbonyl (C=O) groups excluding carboxylic acids is 9. The molecular weight excluding hydrogens is 1460 g/mol. The van der Waals surface area contributed by atoms with Crippen molar-refractivity contribution < 1.29 is 57.4 Å². The van der Waals surface area contributed by atoms with Gasteiger partial charge < -0.3 is 28.9 Å². The standard InChI is InChI=1S/3C27H33N7O4/c1-32-9-10-34(26(36)17-32)16-21-5-6-25(30-23(21)18-35)33(2)27(37)31-24-13-20(22(14-28)15-29-24)4-3-19-7-11-38-12-8-19;1-32-9-10-33(26(36)17-32)16-21-7-8-25(30-23(21)18-35)34(11-12-38-2)27(37)31-24-13-20(6-5-19-3-4-19)22(14-28)15-29-24;1-32-9-10-34(26(36)16-32)15-21-7-8-25(30-23(21)17-35)33(2)27(37)31-24-12-20(22(13-28)14-29-24)6-5-19-4-3-11-38-18-19/h5-6,13,15,18-19H,3-4,7-12,16-17H2,1-2H3,(H,29,31,37);7-8,13,15,18-19H,3-6,9-12,16-17H2,1-2H3,(H,29,31,37);7-8,12,14,17,19H,3-6,9-11,15-16,18H2,1-2H3,(H,29,31,37). The van der Waals surface area contributed by atoms with Gasteiger partial charge in [0.05, 0.1) is 49.5 Å². The third-order valence-electron chi connectivity index (χ3n) is 21.1. The van der Waals surface area contributed by atoms with Crippen molar-refractivity contribution in [2.45, 2.75) is 96.7 Å². The highest BCUT2D eigenvalue weighted by molar-refractivity contribution is 6.02. The van der Waals surface area contributed by atoms with Crippen LogP contribution in [-0.2, 0) is 67.5 Å². The van der Waals surface area contributed by atoms with E-state index in [9.17, 15) is 58.9 Å². The molecule has 33 heteroatoms. The summed E-state index contributed by atoms with van der Waals surface area (Å²) in [5, 5.41) is 36.8. The van der Waals surface area contributed by atoms with Crippen LogP contribution in [0.3, 0.4) is 0 Å². The highest BCUT2D eigenvalue weighted by Gasteiger charge is 2.30. The minimum Gasteiger partial charge on any atom is -0.383 e. The Kier molecular flexibility index (Phi) is 31.1. The Morgan fingerprint density at radius 2 is 0.877 bits per heavy atom. The van der Waals surface area contributed by atoms with E-state index >= 15 is 0 Å². The van der Waals surface area contributed by atoms with Crippen molar-refractivity contribution in [1.82, 2.24) is 59.3 Å². The number of piperazine rings is 3. The molecule has 1 aliphatic carbocycles. The summed E-state index contributed by atoms with van der Waals surface area (Å²) in [7, 11) is 10.3. The summed E-state index contributed by atoms with van der Waals surface area (Å²) >= 11 is 0. The molecule has 1 saturated carbocycles. The first-order chi connectivity index (χ1) is 55.2. The molecule has 0 spiro atoms. The van der Waals surface area contributed by atoms with E-state index in [-0.39, 0.29) is 85.0 Å². The van der Waals surface area contributed by atoms with Gasteiger partial charge in [-0.25, -0.2) is 44.3 Å². The van der Waals surface area contributed by atoms with Crippen molar-refractivity contribution in [2.24, 2.45) is 17.8 Å². The Labute approximate surface area is 663 Å². The molecule has 6 aliphatic rings. The summed E-state index contributed by atoms with van der Waals surface area (Å²) < 4.78 is 16.2. The number of rotatable bonds is 27. The van der Waals surface area contributed by atoms with Gasteiger partial charge in [-0.15, -0.1) is 0 Å². The van der Waals surface area contributed by atoms with Gasteiger partial charge in [-0.2, -0.15) is 15.8 Å². The number of carbonyl (C=O) groups is 9. The number of amides is 9. The van der Waals surface area contributed by atoms with Gasteiger partial charge in [0.1, 0.15) is 70.2 Å². The van der Waals surface area contributed by atoms with E-state index in [0.717, 1.165) is 121 Å². The summed E-state index contributed by atoms with van der Waals surface area (Å²) in [5.74, 6) is 3.57. The van der Waals surface area contributed by atoms with E-state index in [4.69, 9.17) is 14.2 Å². The van der Waals surface area contributed by atoms with Gasteiger partial charge in [0.15, 0.2) is 18.9 Å². The van der Waals surface area contributed by atoms with Gasteiger partial charge in [-0.1, -0.05) is 31.0 Å². The number of aromatic nitrogens is 6. The second-order valence-corrected chi connectivity index (χ2v) is 29.4. The zero-order chi connectivity index (χ0) is 81.2. The number of likely N-dealkylation sites (N-methyl/N-ethyl adjacent to an activating group) is 3. The zero-order valence-corrected chi connectivity index (χ0v) is 65.6. The predicted octanol–water partition coefficient (Wildman–Crippen LogP) is 7.39. The lowest BCUT2D eigenvalue weighted by Gasteiger charge is -2.32. The molecule has 5 saturated heterocycles. The fourth-order valence-electron chi connectivity index (χ4n) is 13.8. The minimum atomic E-state index is -0.487. The number of nitrogens with one attached hydrogen (secondary N) is 3. The number of urea groups is 3. The molecule has 6 aromatic heterocycles. The maximum atomic E-state index is 13.3. The van der Waals surface area contributed by atoms with Crippen LogP contribution in [0.4, 0.5) is 49.3 Å². The Balaban J connectivity index is 0.000000181. The first-order valence-electron chi connectivity index (χ1n) is 38.4. The van der Waals surface area contributed by atoms with Crippen molar-refractivity contribution in [2.75, 3.05) is 171 Å². The average Bonchev–Trinajstić information content (AvgIpc) is 0.887. The van der Waals surface area contributed by atoms with Crippen LogP contribution in [-0.4, -0.2) is 255 Å². The van der Waals surface area contributed by atoms with Crippen LogP contribution in [0.2, 0.25) is 0 Å². The molecule has 1 atom stereocenters. The van der Waals surface area contributed by atoms with Crippen LogP contribution in [0.25, 0.3) is 0 Å². The molecule has 3 N–H and O–H groups in total. The molecule has 5 aliphatic heterocycles. The Bertz CT molecular complexity index is 4380. The minimum absolute atomic E-state index is 0.00165. The van der Waals surface area contributed by atoms with E-state index in [1.165, 1.54) is 53.2 Å². The maximum absolute atomic E-state index is 13.3. The lowest BCUT2D eigenvalue weighted by Crippen LogP contribution is -2.48. The number of nitriles is 3. The number of ether oxygens (including phenoxy) is 3. The highest BCUT2D eigenvalue weighted by Crippen LogP contribution is 2.34. The van der Waals surface area contributed by atoms with E-state index in [1.54, 1.807) is 83.4 Å². The zero-order valence-electron chi connectivity index (χ0n) is 65.6. The molecule has 0 aromatic carbocycles. The normalized spacial score (nSPS) is 16.8. The van der Waals surface area contributed by atoms with Gasteiger partial charge in [0.2, 0.25) is 17.7 Å². The van der Waals surface area contributed by atoms with Crippen LogP contribution in [0.5, 0.6) is 0 Å². The van der Waals surface area contributed by atoms with Crippen LogP contribution < -0.4 is 30.7 Å². The largest absolute Gasteiger partial charge is 0.383 e. The van der Waals surface area contributed by atoms with E-state index in [2.05, 4.69) is 64.1 Å². The van der Waals surface area contributed by atoms with Gasteiger partial charge in [0, 0.05) is 142 Å². The van der Waals surface area contributed by atoms with Gasteiger partial charge in [0.25, 0.3) is 0 Å². The molecule has 9 amide bonds. The molecular formula is C81H99N21O12. The third-order valence-corrected chi connectivity index (χ3v) is 21.1. The topological polar surface area (TPSA) is 395 Å². The first kappa shape index (κ1) is 84.8. The number of pyridine rings is 6. The van der Waals surface area contributed by atoms with Crippen molar-refractivity contribution in [3.8, 4) is 18.2 Å². The SMILES string of the molecule is CN1CCN(Cc2ccc(N(C)C(=O)Nc3cc(CCC4CCCOC4)c(C#N)cn3)nc2C=O)C(=O)C1.CN1CCN(Cc2ccc(N(C)C(=O)Nc3cc(CCC4CCOCC4)c(C#N)cn3)nc2C=O)C(=O)C1.COCCN(C(=O)Nc1cc(CCC2CC2)c(C#N)cn1)c1ccc(CN2CCN(C)CC2=O)c(C=O)n1. The van der Waals surface area contributed by atoms with Crippen molar-refractivity contribution in [1.29, 1.82) is 15.8 Å². The Morgan fingerprint density at radius 3 is 1.24 bits per heavy atom. The number of methoxy groups -OCH3 is 1. The Hall–Kier alpha value is -11.6. The second-order valence-electron chi connectivity index (χ2n) is 29.4. The summed E-state index contributed by atoms with van der Waals surface area (Å²) in [4.78, 5) is 153. The van der Waals surface area contributed by atoms with Crippen LogP contribution in [0, 0.1) is 51.7 Å². The van der Waals surface area contributed by atoms with Gasteiger partial charge in [-0.05, 0) is 156 Å². The molecule has 11 heterocycles. The number of anilines is 6. The molecule has 114 heavy (non-hydrogen) atoms. The highest BCUT2D eigenvalue weighted by atomic mass is 16.5. The molecule has 33 nitrogen and oxygen atoms in total. The average molecular weight is 1560 g/mol.